The van der Waals surface area contributed by atoms with Gasteiger partial charge in [-0.05, 0) is 31.2 Å². The van der Waals surface area contributed by atoms with Gasteiger partial charge in [-0.15, -0.1) is 11.8 Å². The first kappa shape index (κ1) is 19.3. The summed E-state index contributed by atoms with van der Waals surface area (Å²) in [7, 11) is 4.74. The van der Waals surface area contributed by atoms with Gasteiger partial charge in [0.25, 0.3) is 5.91 Å². The molecule has 1 fully saturated rings. The molecule has 0 unspecified atom stereocenters. The van der Waals surface area contributed by atoms with Crippen LogP contribution in [-0.4, -0.2) is 72.0 Å². The van der Waals surface area contributed by atoms with Crippen molar-refractivity contribution in [3.63, 3.8) is 0 Å². The number of imide groups is 1. The van der Waals surface area contributed by atoms with Gasteiger partial charge in [-0.3, -0.25) is 14.5 Å². The van der Waals surface area contributed by atoms with Gasteiger partial charge in [0.05, 0.1) is 6.42 Å². The minimum absolute atomic E-state index is 0.0347. The fourth-order valence-electron chi connectivity index (χ4n) is 2.65. The van der Waals surface area contributed by atoms with Crippen molar-refractivity contribution in [3.8, 4) is 0 Å². The molecule has 0 saturated carbocycles. The maximum atomic E-state index is 12.3. The summed E-state index contributed by atoms with van der Waals surface area (Å²) >= 11 is 1.77. The molecule has 0 radical (unpaired) electrons. The summed E-state index contributed by atoms with van der Waals surface area (Å²) < 4.78 is 0. The second kappa shape index (κ2) is 8.38. The molecule has 1 aromatic rings. The third kappa shape index (κ3) is 4.75. The van der Waals surface area contributed by atoms with Crippen LogP contribution in [0.4, 0.5) is 4.79 Å². The van der Waals surface area contributed by atoms with Crippen LogP contribution in [0.2, 0.25) is 0 Å². The van der Waals surface area contributed by atoms with Gasteiger partial charge in [0, 0.05) is 32.6 Å². The van der Waals surface area contributed by atoms with Crippen LogP contribution in [0.25, 0.3) is 0 Å². The predicted octanol–water partition coefficient (Wildman–Crippen LogP) is 2.22. The molecule has 0 bridgehead atoms. The van der Waals surface area contributed by atoms with Crippen LogP contribution < -0.4 is 0 Å². The smallest absolute Gasteiger partial charge is 0.326 e. The van der Waals surface area contributed by atoms with Gasteiger partial charge in [0.15, 0.2) is 0 Å². The first-order chi connectivity index (χ1) is 11.8. The van der Waals surface area contributed by atoms with E-state index in [9.17, 15) is 14.4 Å². The molecular formula is C18H25N3O3S. The number of amides is 4. The molecule has 25 heavy (non-hydrogen) atoms. The molecule has 0 aromatic heterocycles. The van der Waals surface area contributed by atoms with Crippen LogP contribution in [0.1, 0.15) is 18.4 Å². The summed E-state index contributed by atoms with van der Waals surface area (Å²) in [5.41, 5.74) is 1.24. The van der Waals surface area contributed by atoms with Gasteiger partial charge in [-0.1, -0.05) is 17.7 Å². The maximum Gasteiger partial charge on any atom is 0.326 e. The van der Waals surface area contributed by atoms with Crippen LogP contribution >= 0.6 is 11.8 Å². The van der Waals surface area contributed by atoms with Crippen LogP contribution in [0.3, 0.4) is 0 Å². The molecule has 0 aliphatic carbocycles. The Morgan fingerprint density at radius 2 is 1.84 bits per heavy atom. The fraction of sp³-hybridized carbons (Fsp3) is 0.500. The number of hydrogen-bond acceptors (Lipinski definition) is 4. The lowest BCUT2D eigenvalue weighted by molar-refractivity contribution is -0.135. The summed E-state index contributed by atoms with van der Waals surface area (Å²) in [5.74, 6) is 0.488. The molecule has 1 aliphatic heterocycles. The van der Waals surface area contributed by atoms with E-state index in [1.54, 1.807) is 30.8 Å². The summed E-state index contributed by atoms with van der Waals surface area (Å²) in [6.45, 7) is 2.69. The van der Waals surface area contributed by atoms with Gasteiger partial charge in [-0.25, -0.2) is 4.79 Å². The fourth-order valence-corrected chi connectivity index (χ4v) is 3.49. The molecule has 136 valence electrons. The van der Waals surface area contributed by atoms with Crippen molar-refractivity contribution < 1.29 is 14.4 Å². The van der Waals surface area contributed by atoms with E-state index in [4.69, 9.17) is 0 Å². The van der Waals surface area contributed by atoms with Crippen molar-refractivity contribution in [2.45, 2.75) is 30.7 Å². The second-order valence-electron chi connectivity index (χ2n) is 6.34. The number of thioether (sulfide) groups is 1. The number of carbonyl (C=O) groups is 3. The van der Waals surface area contributed by atoms with Gasteiger partial charge in [-0.2, -0.15) is 0 Å². The van der Waals surface area contributed by atoms with E-state index in [0.717, 1.165) is 17.1 Å². The molecule has 2 rings (SSSR count). The molecule has 7 heteroatoms. The average molecular weight is 363 g/mol. The van der Waals surface area contributed by atoms with E-state index in [-0.39, 0.29) is 24.3 Å². The lowest BCUT2D eigenvalue weighted by Gasteiger charge is -2.21. The van der Waals surface area contributed by atoms with E-state index in [1.807, 2.05) is 0 Å². The van der Waals surface area contributed by atoms with Crippen molar-refractivity contribution in [1.82, 2.24) is 14.7 Å². The van der Waals surface area contributed by atoms with Crippen LogP contribution in [0.5, 0.6) is 0 Å². The topological polar surface area (TPSA) is 60.9 Å². The zero-order valence-corrected chi connectivity index (χ0v) is 16.0. The van der Waals surface area contributed by atoms with Crippen molar-refractivity contribution in [3.05, 3.63) is 29.8 Å². The molecule has 1 heterocycles. The Kier molecular flexibility index (Phi) is 6.47. The number of aryl methyl sites for hydroxylation is 1. The monoisotopic (exact) mass is 363 g/mol. The summed E-state index contributed by atoms with van der Waals surface area (Å²) in [6.07, 6.45) is 0.904. The zero-order valence-electron chi connectivity index (χ0n) is 15.2. The summed E-state index contributed by atoms with van der Waals surface area (Å²) in [5, 5.41) is 0. The quantitative estimate of drug-likeness (QED) is 0.423. The minimum atomic E-state index is -0.686. The molecule has 6 nitrogen and oxygen atoms in total. The van der Waals surface area contributed by atoms with E-state index >= 15 is 0 Å². The van der Waals surface area contributed by atoms with Gasteiger partial charge >= 0.3 is 6.03 Å². The molecule has 4 amide bonds. The van der Waals surface area contributed by atoms with Crippen LogP contribution in [0, 0.1) is 6.92 Å². The normalized spacial score (nSPS) is 17.4. The number of urea groups is 1. The molecule has 1 atom stereocenters. The molecule has 1 aromatic carbocycles. The second-order valence-corrected chi connectivity index (χ2v) is 7.51. The molecular weight excluding hydrogens is 338 g/mol. The first-order valence-corrected chi connectivity index (χ1v) is 9.27. The van der Waals surface area contributed by atoms with Crippen molar-refractivity contribution in [1.29, 1.82) is 0 Å². The predicted molar refractivity (Wildman–Crippen MR) is 98.5 cm³/mol. The summed E-state index contributed by atoms with van der Waals surface area (Å²) in [6, 6.07) is 7.33. The summed E-state index contributed by atoms with van der Waals surface area (Å²) in [4.78, 5) is 41.3. The molecule has 1 saturated heterocycles. The third-order valence-electron chi connectivity index (χ3n) is 4.39. The Bertz CT molecular complexity index is 647. The molecule has 1 aliphatic rings. The van der Waals surface area contributed by atoms with Crippen LogP contribution in [-0.2, 0) is 9.59 Å². The highest BCUT2D eigenvalue weighted by Gasteiger charge is 2.42. The van der Waals surface area contributed by atoms with Gasteiger partial charge in [0.2, 0.25) is 5.91 Å². The zero-order chi connectivity index (χ0) is 18.6. The Morgan fingerprint density at radius 3 is 2.40 bits per heavy atom. The number of nitrogens with zero attached hydrogens (tertiary/aromatic N) is 3. The first-order valence-electron chi connectivity index (χ1n) is 8.29. The molecule has 0 N–H and O–H groups in total. The Hall–Kier alpha value is -2.02. The number of carbonyl (C=O) groups excluding carboxylic acids is 3. The highest BCUT2D eigenvalue weighted by atomic mass is 32.2. The van der Waals surface area contributed by atoms with Gasteiger partial charge in [0.1, 0.15) is 6.04 Å². The molecule has 0 spiro atoms. The lowest BCUT2D eigenvalue weighted by Crippen LogP contribution is -2.38. The van der Waals surface area contributed by atoms with E-state index in [2.05, 4.69) is 31.2 Å². The van der Waals surface area contributed by atoms with Crippen molar-refractivity contribution in [2.24, 2.45) is 0 Å². The lowest BCUT2D eigenvalue weighted by atomic mass is 10.1. The van der Waals surface area contributed by atoms with Gasteiger partial charge < -0.3 is 9.80 Å². The SMILES string of the molecule is Cc1ccc(SCCCN(C)C(=O)C[C@H]2C(=O)N(C)C(=O)N2C)cc1. The number of hydrogen-bond donors (Lipinski definition) is 0. The van der Waals surface area contributed by atoms with Crippen molar-refractivity contribution >= 4 is 29.6 Å². The standard InChI is InChI=1S/C18H25N3O3S/c1-13-6-8-14(9-7-13)25-11-5-10-19(2)16(22)12-15-17(23)21(4)18(24)20(15)3/h6-9,15H,5,10-12H2,1-4H3/t15-/m0/s1. The Morgan fingerprint density at radius 1 is 1.20 bits per heavy atom. The Labute approximate surface area is 153 Å². The number of benzene rings is 1. The maximum absolute atomic E-state index is 12.3. The highest BCUT2D eigenvalue weighted by Crippen LogP contribution is 2.20. The number of rotatable bonds is 7. The van der Waals surface area contributed by atoms with E-state index < -0.39 is 6.04 Å². The van der Waals surface area contributed by atoms with Crippen LogP contribution in [0.15, 0.2) is 29.2 Å². The highest BCUT2D eigenvalue weighted by molar-refractivity contribution is 7.99. The van der Waals surface area contributed by atoms with Crippen molar-refractivity contribution in [2.75, 3.05) is 33.4 Å². The number of likely N-dealkylation sites (N-methyl/N-ethyl adjacent to an activating group) is 2. The average Bonchev–Trinajstić information content (AvgIpc) is 2.77. The van der Waals surface area contributed by atoms with E-state index in [0.29, 0.717) is 6.54 Å². The minimum Gasteiger partial charge on any atom is -0.346 e. The van der Waals surface area contributed by atoms with E-state index in [1.165, 1.54) is 22.4 Å². The Balaban J connectivity index is 1.74. The third-order valence-corrected chi connectivity index (χ3v) is 5.49. The largest absolute Gasteiger partial charge is 0.346 e.